The van der Waals surface area contributed by atoms with Crippen molar-refractivity contribution in [1.29, 1.82) is 0 Å². The van der Waals surface area contributed by atoms with Crippen LogP contribution in [0.2, 0.25) is 0 Å². The molecular weight excluding hydrogens is 422 g/mol. The smallest absolute Gasteiger partial charge is 0.318 e. The van der Waals surface area contributed by atoms with Gasteiger partial charge in [0.2, 0.25) is 5.91 Å². The maximum atomic E-state index is 13.1. The predicted octanol–water partition coefficient (Wildman–Crippen LogP) is 3.83. The number of amides is 3. The summed E-state index contributed by atoms with van der Waals surface area (Å²) in [6.45, 7) is 5.04. The normalized spacial score (nSPS) is 13.7. The molecular formula is C25H33N3O5. The van der Waals surface area contributed by atoms with Gasteiger partial charge in [0.25, 0.3) is 0 Å². The molecule has 0 radical (unpaired) electrons. The minimum Gasteiger partial charge on any atom is -0.497 e. The van der Waals surface area contributed by atoms with Crippen LogP contribution in [-0.2, 0) is 17.8 Å². The lowest BCUT2D eigenvalue weighted by Gasteiger charge is -2.31. The maximum absolute atomic E-state index is 13.1. The van der Waals surface area contributed by atoms with Gasteiger partial charge in [-0.1, -0.05) is 19.9 Å². The second-order valence-corrected chi connectivity index (χ2v) is 8.50. The zero-order valence-corrected chi connectivity index (χ0v) is 19.9. The summed E-state index contributed by atoms with van der Waals surface area (Å²) in [6, 6.07) is 10.1. The first-order chi connectivity index (χ1) is 15.8. The van der Waals surface area contributed by atoms with Crippen LogP contribution in [0.25, 0.3) is 0 Å². The number of anilines is 1. The Hall–Kier alpha value is -3.42. The standard InChI is InChI=1S/C25H33N3O5/c1-16(2)11-21(24(29)26-19-7-6-8-20(14-19)31-3)27-25(30)28-10-9-17-12-22(32-4)23(33-5)13-18(17)15-28/h6-8,12-14,16,21H,9-11,15H2,1-5H3,(H,26,29)(H,27,30)/t21-/m0/s1. The Morgan fingerprint density at radius 3 is 2.33 bits per heavy atom. The van der Waals surface area contributed by atoms with Crippen LogP contribution in [0.3, 0.4) is 0 Å². The van der Waals surface area contributed by atoms with E-state index in [0.29, 0.717) is 48.9 Å². The lowest BCUT2D eigenvalue weighted by Crippen LogP contribution is -2.51. The van der Waals surface area contributed by atoms with E-state index in [0.717, 1.165) is 11.1 Å². The fraction of sp³-hybridized carbons (Fsp3) is 0.440. The molecule has 2 N–H and O–H groups in total. The van der Waals surface area contributed by atoms with Gasteiger partial charge in [-0.05, 0) is 54.2 Å². The number of rotatable bonds is 8. The number of ether oxygens (including phenoxy) is 3. The van der Waals surface area contributed by atoms with Crippen molar-refractivity contribution in [2.75, 3.05) is 33.2 Å². The van der Waals surface area contributed by atoms with Crippen molar-refractivity contribution in [1.82, 2.24) is 10.2 Å². The first-order valence-electron chi connectivity index (χ1n) is 11.1. The van der Waals surface area contributed by atoms with Crippen molar-refractivity contribution in [3.63, 3.8) is 0 Å². The highest BCUT2D eigenvalue weighted by molar-refractivity contribution is 5.97. The molecule has 0 aliphatic carbocycles. The molecule has 0 spiro atoms. The minimum atomic E-state index is -0.657. The molecule has 1 aliphatic heterocycles. The van der Waals surface area contributed by atoms with Crippen LogP contribution >= 0.6 is 0 Å². The average Bonchev–Trinajstić information content (AvgIpc) is 2.81. The van der Waals surface area contributed by atoms with E-state index in [2.05, 4.69) is 10.6 Å². The Morgan fingerprint density at radius 1 is 1.00 bits per heavy atom. The van der Waals surface area contributed by atoms with E-state index < -0.39 is 6.04 Å². The molecule has 0 saturated heterocycles. The summed E-state index contributed by atoms with van der Waals surface area (Å²) in [5.74, 6) is 1.93. The molecule has 2 aromatic rings. The number of nitrogens with one attached hydrogen (secondary N) is 2. The van der Waals surface area contributed by atoms with Crippen LogP contribution in [0, 0.1) is 5.92 Å². The van der Waals surface area contributed by atoms with Crippen molar-refractivity contribution < 1.29 is 23.8 Å². The zero-order chi connectivity index (χ0) is 24.0. The monoisotopic (exact) mass is 455 g/mol. The predicted molar refractivity (Wildman–Crippen MR) is 127 cm³/mol. The highest BCUT2D eigenvalue weighted by Gasteiger charge is 2.27. The van der Waals surface area contributed by atoms with Crippen molar-refractivity contribution in [2.24, 2.45) is 5.92 Å². The quantitative estimate of drug-likeness (QED) is 0.632. The Bertz CT molecular complexity index is 992. The summed E-state index contributed by atoms with van der Waals surface area (Å²) in [4.78, 5) is 27.8. The minimum absolute atomic E-state index is 0.227. The number of urea groups is 1. The maximum Gasteiger partial charge on any atom is 0.318 e. The van der Waals surface area contributed by atoms with E-state index in [1.165, 1.54) is 0 Å². The topological polar surface area (TPSA) is 89.1 Å². The van der Waals surface area contributed by atoms with Gasteiger partial charge < -0.3 is 29.7 Å². The molecule has 0 saturated carbocycles. The van der Waals surface area contributed by atoms with Gasteiger partial charge in [0, 0.05) is 24.8 Å². The lowest BCUT2D eigenvalue weighted by molar-refractivity contribution is -0.118. The molecule has 0 fully saturated rings. The molecule has 178 valence electrons. The molecule has 3 amide bonds. The molecule has 33 heavy (non-hydrogen) atoms. The zero-order valence-electron chi connectivity index (χ0n) is 19.9. The van der Waals surface area contributed by atoms with Crippen LogP contribution in [0.4, 0.5) is 10.5 Å². The van der Waals surface area contributed by atoms with Gasteiger partial charge in [-0.3, -0.25) is 4.79 Å². The van der Waals surface area contributed by atoms with Gasteiger partial charge >= 0.3 is 6.03 Å². The molecule has 1 atom stereocenters. The summed E-state index contributed by atoms with van der Waals surface area (Å²) < 4.78 is 16.0. The Kier molecular flexibility index (Phi) is 8.03. The number of hydrogen-bond acceptors (Lipinski definition) is 5. The molecule has 3 rings (SSSR count). The fourth-order valence-corrected chi connectivity index (χ4v) is 3.93. The third-order valence-corrected chi connectivity index (χ3v) is 5.66. The molecule has 0 aromatic heterocycles. The highest BCUT2D eigenvalue weighted by atomic mass is 16.5. The van der Waals surface area contributed by atoms with Crippen molar-refractivity contribution >= 4 is 17.6 Å². The molecule has 0 bridgehead atoms. The van der Waals surface area contributed by atoms with Crippen molar-refractivity contribution in [2.45, 2.75) is 39.3 Å². The van der Waals surface area contributed by atoms with Gasteiger partial charge in [0.15, 0.2) is 11.5 Å². The molecule has 0 unspecified atom stereocenters. The molecule has 1 aliphatic rings. The molecule has 8 nitrogen and oxygen atoms in total. The third kappa shape index (κ3) is 6.09. The number of carbonyl (C=O) groups excluding carboxylic acids is 2. The van der Waals surface area contributed by atoms with Gasteiger partial charge in [-0.2, -0.15) is 0 Å². The van der Waals surface area contributed by atoms with E-state index in [-0.39, 0.29) is 17.9 Å². The van der Waals surface area contributed by atoms with E-state index in [4.69, 9.17) is 14.2 Å². The van der Waals surface area contributed by atoms with Crippen LogP contribution in [0.1, 0.15) is 31.4 Å². The van der Waals surface area contributed by atoms with Gasteiger partial charge in [0.05, 0.1) is 21.3 Å². The Morgan fingerprint density at radius 2 is 1.70 bits per heavy atom. The van der Waals surface area contributed by atoms with Gasteiger partial charge in [0.1, 0.15) is 11.8 Å². The van der Waals surface area contributed by atoms with Crippen LogP contribution in [0.5, 0.6) is 17.2 Å². The second kappa shape index (κ2) is 10.9. The third-order valence-electron chi connectivity index (χ3n) is 5.66. The largest absolute Gasteiger partial charge is 0.497 e. The van der Waals surface area contributed by atoms with E-state index >= 15 is 0 Å². The molecule has 1 heterocycles. The van der Waals surface area contributed by atoms with Gasteiger partial charge in [-0.25, -0.2) is 4.79 Å². The average molecular weight is 456 g/mol. The number of methoxy groups -OCH3 is 3. The number of fused-ring (bicyclic) bond motifs is 1. The molecule has 2 aromatic carbocycles. The first-order valence-corrected chi connectivity index (χ1v) is 11.1. The number of benzene rings is 2. The number of nitrogens with zero attached hydrogens (tertiary/aromatic N) is 1. The van der Waals surface area contributed by atoms with Crippen molar-refractivity contribution in [3.8, 4) is 17.2 Å². The summed E-state index contributed by atoms with van der Waals surface area (Å²) in [5, 5.41) is 5.83. The summed E-state index contributed by atoms with van der Waals surface area (Å²) in [7, 11) is 4.78. The van der Waals surface area contributed by atoms with Crippen LogP contribution in [-0.4, -0.2) is 50.8 Å². The van der Waals surface area contributed by atoms with E-state index in [1.54, 1.807) is 44.4 Å². The number of carbonyl (C=O) groups is 2. The van der Waals surface area contributed by atoms with Gasteiger partial charge in [-0.15, -0.1) is 0 Å². The summed E-state index contributed by atoms with van der Waals surface area (Å²) in [5.41, 5.74) is 2.76. The number of hydrogen-bond donors (Lipinski definition) is 2. The summed E-state index contributed by atoms with van der Waals surface area (Å²) in [6.07, 6.45) is 1.23. The summed E-state index contributed by atoms with van der Waals surface area (Å²) >= 11 is 0. The Balaban J connectivity index is 1.70. The Labute approximate surface area is 195 Å². The SMILES string of the molecule is COc1cccc(NC(=O)[C@H](CC(C)C)NC(=O)N2CCc3cc(OC)c(OC)cc3C2)c1. The van der Waals surface area contributed by atoms with E-state index in [9.17, 15) is 9.59 Å². The van der Waals surface area contributed by atoms with Crippen LogP contribution in [0.15, 0.2) is 36.4 Å². The van der Waals surface area contributed by atoms with Crippen molar-refractivity contribution in [3.05, 3.63) is 47.5 Å². The second-order valence-electron chi connectivity index (χ2n) is 8.50. The molecule has 8 heteroatoms. The highest BCUT2D eigenvalue weighted by Crippen LogP contribution is 2.33. The fourth-order valence-electron chi connectivity index (χ4n) is 3.93. The van der Waals surface area contributed by atoms with Crippen LogP contribution < -0.4 is 24.8 Å². The van der Waals surface area contributed by atoms with E-state index in [1.807, 2.05) is 32.0 Å². The lowest BCUT2D eigenvalue weighted by atomic mass is 9.99. The first kappa shape index (κ1) is 24.2.